The molecule has 0 aliphatic carbocycles. The lowest BCUT2D eigenvalue weighted by molar-refractivity contribution is 0.104. The summed E-state index contributed by atoms with van der Waals surface area (Å²) in [5.74, 6) is 0.668. The zero-order valence-electron chi connectivity index (χ0n) is 10.6. The van der Waals surface area contributed by atoms with Crippen LogP contribution in [0.2, 0.25) is 0 Å². The van der Waals surface area contributed by atoms with Crippen molar-refractivity contribution < 1.29 is 4.74 Å². The molecule has 0 spiro atoms. The molecular weight excluding hydrogens is 212 g/mol. The predicted octanol–water partition coefficient (Wildman–Crippen LogP) is 2.52. The standard InChI is InChI=1S/C14H22N2O/c1-2-17-11-12-4-3-9-16(10-12)14-7-5-13(15)6-8-14/h5-8,12H,2-4,9-11,15H2,1H3. The van der Waals surface area contributed by atoms with E-state index in [1.807, 2.05) is 12.1 Å². The van der Waals surface area contributed by atoms with Crippen LogP contribution in [0.15, 0.2) is 24.3 Å². The lowest BCUT2D eigenvalue weighted by Gasteiger charge is -2.34. The molecule has 1 aromatic rings. The van der Waals surface area contributed by atoms with E-state index in [0.717, 1.165) is 32.0 Å². The van der Waals surface area contributed by atoms with Gasteiger partial charge in [-0.2, -0.15) is 0 Å². The van der Waals surface area contributed by atoms with Crippen LogP contribution in [-0.2, 0) is 4.74 Å². The van der Waals surface area contributed by atoms with Gasteiger partial charge in [0.1, 0.15) is 0 Å². The zero-order chi connectivity index (χ0) is 12.1. The SMILES string of the molecule is CCOCC1CCCN(c2ccc(N)cc2)C1. The average molecular weight is 234 g/mol. The first kappa shape index (κ1) is 12.2. The Labute approximate surface area is 104 Å². The molecule has 1 unspecified atom stereocenters. The highest BCUT2D eigenvalue weighted by Gasteiger charge is 2.19. The highest BCUT2D eigenvalue weighted by molar-refractivity contribution is 5.53. The van der Waals surface area contributed by atoms with Crippen LogP contribution in [0.25, 0.3) is 0 Å². The number of rotatable bonds is 4. The third-order valence-corrected chi connectivity index (χ3v) is 3.33. The summed E-state index contributed by atoms with van der Waals surface area (Å²) in [6.07, 6.45) is 2.54. The molecule has 2 rings (SSSR count). The van der Waals surface area contributed by atoms with Crippen molar-refractivity contribution in [2.75, 3.05) is 36.9 Å². The highest BCUT2D eigenvalue weighted by Crippen LogP contribution is 2.24. The number of nitrogens with zero attached hydrogens (tertiary/aromatic N) is 1. The summed E-state index contributed by atoms with van der Waals surface area (Å²) < 4.78 is 5.53. The highest BCUT2D eigenvalue weighted by atomic mass is 16.5. The smallest absolute Gasteiger partial charge is 0.0511 e. The maximum Gasteiger partial charge on any atom is 0.0511 e. The fourth-order valence-corrected chi connectivity index (χ4v) is 2.41. The number of anilines is 2. The molecule has 1 saturated heterocycles. The summed E-state index contributed by atoms with van der Waals surface area (Å²) in [5.41, 5.74) is 7.82. The van der Waals surface area contributed by atoms with Gasteiger partial charge in [-0.1, -0.05) is 0 Å². The van der Waals surface area contributed by atoms with Crippen LogP contribution in [0.3, 0.4) is 0 Å². The van der Waals surface area contributed by atoms with Gasteiger partial charge in [0.05, 0.1) is 6.61 Å². The molecule has 1 atom stereocenters. The van der Waals surface area contributed by atoms with Crippen LogP contribution in [-0.4, -0.2) is 26.3 Å². The lowest BCUT2D eigenvalue weighted by Crippen LogP contribution is -2.37. The number of hydrogen-bond acceptors (Lipinski definition) is 3. The van der Waals surface area contributed by atoms with Gasteiger partial charge in [-0.15, -0.1) is 0 Å². The number of hydrogen-bond donors (Lipinski definition) is 1. The van der Waals surface area contributed by atoms with E-state index in [-0.39, 0.29) is 0 Å². The van der Waals surface area contributed by atoms with E-state index < -0.39 is 0 Å². The molecule has 0 amide bonds. The minimum absolute atomic E-state index is 0.668. The van der Waals surface area contributed by atoms with Crippen molar-refractivity contribution in [3.8, 4) is 0 Å². The Kier molecular flexibility index (Phi) is 4.26. The van der Waals surface area contributed by atoms with Crippen LogP contribution in [0.5, 0.6) is 0 Å². The normalized spacial score (nSPS) is 20.5. The minimum atomic E-state index is 0.668. The van der Waals surface area contributed by atoms with E-state index in [2.05, 4.69) is 24.0 Å². The number of piperidine rings is 1. The second-order valence-corrected chi connectivity index (χ2v) is 4.71. The van der Waals surface area contributed by atoms with Gasteiger partial charge in [0.25, 0.3) is 0 Å². The van der Waals surface area contributed by atoms with Crippen LogP contribution in [0, 0.1) is 5.92 Å². The molecule has 0 radical (unpaired) electrons. The molecule has 1 fully saturated rings. The van der Waals surface area contributed by atoms with Gasteiger partial charge in [-0.3, -0.25) is 0 Å². The summed E-state index contributed by atoms with van der Waals surface area (Å²) in [5, 5.41) is 0. The molecule has 1 heterocycles. The first-order chi connectivity index (χ1) is 8.29. The van der Waals surface area contributed by atoms with Crippen LogP contribution >= 0.6 is 0 Å². The van der Waals surface area contributed by atoms with Crippen LogP contribution in [0.1, 0.15) is 19.8 Å². The molecule has 3 heteroatoms. The number of benzene rings is 1. The quantitative estimate of drug-likeness (QED) is 0.814. The van der Waals surface area contributed by atoms with Gasteiger partial charge in [0.15, 0.2) is 0 Å². The van der Waals surface area contributed by atoms with Gasteiger partial charge in [-0.05, 0) is 49.9 Å². The third-order valence-electron chi connectivity index (χ3n) is 3.33. The van der Waals surface area contributed by atoms with Gasteiger partial charge in [0.2, 0.25) is 0 Å². The first-order valence-corrected chi connectivity index (χ1v) is 6.48. The monoisotopic (exact) mass is 234 g/mol. The molecule has 94 valence electrons. The van der Waals surface area contributed by atoms with Crippen molar-refractivity contribution in [3.63, 3.8) is 0 Å². The summed E-state index contributed by atoms with van der Waals surface area (Å²) >= 11 is 0. The van der Waals surface area contributed by atoms with Crippen molar-refractivity contribution in [1.29, 1.82) is 0 Å². The molecule has 1 aliphatic rings. The molecule has 3 nitrogen and oxygen atoms in total. The van der Waals surface area contributed by atoms with E-state index in [4.69, 9.17) is 10.5 Å². The van der Waals surface area contributed by atoms with Crippen LogP contribution in [0.4, 0.5) is 11.4 Å². The maximum absolute atomic E-state index is 5.71. The van der Waals surface area contributed by atoms with E-state index in [1.165, 1.54) is 18.5 Å². The van der Waals surface area contributed by atoms with Gasteiger partial charge >= 0.3 is 0 Å². The van der Waals surface area contributed by atoms with Crippen LogP contribution < -0.4 is 10.6 Å². The predicted molar refractivity (Wildman–Crippen MR) is 72.3 cm³/mol. The van der Waals surface area contributed by atoms with Crippen molar-refractivity contribution in [1.82, 2.24) is 0 Å². The van der Waals surface area contributed by atoms with Crippen molar-refractivity contribution >= 4 is 11.4 Å². The fourth-order valence-electron chi connectivity index (χ4n) is 2.41. The Bertz CT molecular complexity index is 337. The molecule has 0 saturated carbocycles. The topological polar surface area (TPSA) is 38.5 Å². The summed E-state index contributed by atoms with van der Waals surface area (Å²) in [6, 6.07) is 8.17. The van der Waals surface area contributed by atoms with Gasteiger partial charge < -0.3 is 15.4 Å². The Balaban J connectivity index is 1.94. The maximum atomic E-state index is 5.71. The van der Waals surface area contributed by atoms with E-state index in [9.17, 15) is 0 Å². The molecule has 0 aromatic heterocycles. The number of nitrogens with two attached hydrogens (primary N) is 1. The van der Waals surface area contributed by atoms with Crippen molar-refractivity contribution in [2.45, 2.75) is 19.8 Å². The Morgan fingerprint density at radius 2 is 2.12 bits per heavy atom. The average Bonchev–Trinajstić information content (AvgIpc) is 2.37. The second kappa shape index (κ2) is 5.92. The Morgan fingerprint density at radius 1 is 1.35 bits per heavy atom. The molecule has 17 heavy (non-hydrogen) atoms. The second-order valence-electron chi connectivity index (χ2n) is 4.71. The van der Waals surface area contributed by atoms with E-state index in [0.29, 0.717) is 5.92 Å². The van der Waals surface area contributed by atoms with Crippen molar-refractivity contribution in [2.24, 2.45) is 5.92 Å². The first-order valence-electron chi connectivity index (χ1n) is 6.48. The van der Waals surface area contributed by atoms with Gasteiger partial charge in [0, 0.05) is 31.1 Å². The number of nitrogen functional groups attached to an aromatic ring is 1. The Morgan fingerprint density at radius 3 is 2.82 bits per heavy atom. The molecule has 1 aromatic carbocycles. The van der Waals surface area contributed by atoms with E-state index >= 15 is 0 Å². The summed E-state index contributed by atoms with van der Waals surface area (Å²) in [7, 11) is 0. The Hall–Kier alpha value is -1.22. The van der Waals surface area contributed by atoms with E-state index in [1.54, 1.807) is 0 Å². The van der Waals surface area contributed by atoms with Gasteiger partial charge in [-0.25, -0.2) is 0 Å². The zero-order valence-corrected chi connectivity index (χ0v) is 10.6. The molecule has 0 bridgehead atoms. The fraction of sp³-hybridized carbons (Fsp3) is 0.571. The number of ether oxygens (including phenoxy) is 1. The lowest BCUT2D eigenvalue weighted by atomic mass is 9.98. The molecular formula is C14H22N2O. The summed E-state index contributed by atoms with van der Waals surface area (Å²) in [6.45, 7) is 6.01. The summed E-state index contributed by atoms with van der Waals surface area (Å²) in [4.78, 5) is 2.44. The largest absolute Gasteiger partial charge is 0.399 e. The molecule has 1 aliphatic heterocycles. The minimum Gasteiger partial charge on any atom is -0.399 e. The van der Waals surface area contributed by atoms with Crippen molar-refractivity contribution in [3.05, 3.63) is 24.3 Å². The molecule has 2 N–H and O–H groups in total. The third kappa shape index (κ3) is 3.37.